The lowest BCUT2D eigenvalue weighted by molar-refractivity contribution is -0.232. The number of rotatable bonds is 11. The maximum Gasteiger partial charge on any atom is 0.190 e. The molecule has 1 aromatic carbocycles. The van der Waals surface area contributed by atoms with Crippen LogP contribution in [0.5, 0.6) is 5.75 Å². The van der Waals surface area contributed by atoms with Crippen LogP contribution in [0.4, 0.5) is 0 Å². The van der Waals surface area contributed by atoms with Crippen LogP contribution in [0.3, 0.4) is 0 Å². The molecular weight excluding hydrogens is 376 g/mol. The Labute approximate surface area is 172 Å². The van der Waals surface area contributed by atoms with Crippen molar-refractivity contribution in [3.8, 4) is 5.75 Å². The minimum atomic E-state index is -1.07. The minimum absolute atomic E-state index is 0.326. The van der Waals surface area contributed by atoms with Gasteiger partial charge in [-0.15, -0.1) is 0 Å². The topological polar surface area (TPSA) is 86.6 Å². The maximum absolute atomic E-state index is 10.1. The van der Waals surface area contributed by atoms with Crippen LogP contribution in [-0.4, -0.2) is 59.9 Å². The maximum atomic E-state index is 10.1. The van der Waals surface area contributed by atoms with E-state index in [4.69, 9.17) is 23.7 Å². The molecule has 0 bridgehead atoms. The zero-order chi connectivity index (χ0) is 20.9. The van der Waals surface area contributed by atoms with E-state index < -0.39 is 43.1 Å². The number of hydrogen-bond donors (Lipinski definition) is 2. The number of ether oxygens (including phenoxy) is 5. The van der Waals surface area contributed by atoms with Gasteiger partial charge in [0.25, 0.3) is 0 Å². The second kappa shape index (κ2) is 10.2. The molecule has 0 unspecified atom stereocenters. The molecule has 3 rings (SSSR count). The smallest absolute Gasteiger partial charge is 0.190 e. The molecule has 2 aliphatic heterocycles. The van der Waals surface area contributed by atoms with Gasteiger partial charge in [-0.1, -0.05) is 38.3 Å². The minimum Gasteiger partial charge on any atom is -0.494 e. The molecule has 0 aliphatic carbocycles. The lowest BCUT2D eigenvalue weighted by Crippen LogP contribution is -2.44. The van der Waals surface area contributed by atoms with Gasteiger partial charge in [-0.05, 0) is 38.0 Å². The Morgan fingerprint density at radius 3 is 2.55 bits per heavy atom. The van der Waals surface area contributed by atoms with Gasteiger partial charge in [0.1, 0.15) is 30.2 Å². The first-order valence-corrected chi connectivity index (χ1v) is 10.6. The molecule has 2 N–H and O–H groups in total. The molecule has 0 aromatic heterocycles. The normalized spacial score (nSPS) is 29.0. The summed E-state index contributed by atoms with van der Waals surface area (Å²) in [6.07, 6.45) is 1.32. The highest BCUT2D eigenvalue weighted by Crippen LogP contribution is 2.39. The SMILES string of the molecule is CCCCCCOc1ccc(CO[C@H]2[C@@H]3OC(C)(C)O[C@@H]3O[C@H]2[C@H](O)CO)cc1. The molecule has 2 aliphatic rings. The first-order valence-electron chi connectivity index (χ1n) is 10.6. The summed E-state index contributed by atoms with van der Waals surface area (Å²) in [7, 11) is 0. The third kappa shape index (κ3) is 5.90. The highest BCUT2D eigenvalue weighted by molar-refractivity contribution is 5.26. The molecular formula is C22H34O7. The lowest BCUT2D eigenvalue weighted by atomic mass is 10.1. The number of fused-ring (bicyclic) bond motifs is 1. The van der Waals surface area contributed by atoms with Crippen molar-refractivity contribution in [3.63, 3.8) is 0 Å². The molecule has 2 saturated heterocycles. The van der Waals surface area contributed by atoms with E-state index in [1.807, 2.05) is 38.1 Å². The zero-order valence-electron chi connectivity index (χ0n) is 17.6. The Bertz CT molecular complexity index is 618. The summed E-state index contributed by atoms with van der Waals surface area (Å²) in [6.45, 7) is 6.45. The molecule has 7 nitrogen and oxygen atoms in total. The van der Waals surface area contributed by atoms with Crippen LogP contribution in [-0.2, 0) is 25.6 Å². The average Bonchev–Trinajstić information content (AvgIpc) is 3.18. The number of unbranched alkanes of at least 4 members (excludes halogenated alkanes) is 3. The van der Waals surface area contributed by atoms with Crippen LogP contribution in [0.15, 0.2) is 24.3 Å². The fourth-order valence-corrected chi connectivity index (χ4v) is 3.70. The molecule has 7 heteroatoms. The summed E-state index contributed by atoms with van der Waals surface area (Å²) < 4.78 is 29.2. The summed E-state index contributed by atoms with van der Waals surface area (Å²) in [6, 6.07) is 7.79. The second-order valence-corrected chi connectivity index (χ2v) is 8.15. The summed E-state index contributed by atoms with van der Waals surface area (Å²) in [5, 5.41) is 19.4. The standard InChI is InChI=1S/C22H34O7/c1-4-5-6-7-12-25-16-10-8-15(9-11-16)14-26-19-18(17(24)13-23)27-21-20(19)28-22(2,3)29-21/h8-11,17-21,23-24H,4-7,12-14H2,1-3H3/t17-,18+,19-,20+,21+/m1/s1. The third-order valence-corrected chi connectivity index (χ3v) is 5.23. The Balaban J connectivity index is 1.53. The van der Waals surface area contributed by atoms with Crippen LogP contribution < -0.4 is 4.74 Å². The average molecular weight is 411 g/mol. The fraction of sp³-hybridized carbons (Fsp3) is 0.727. The summed E-state index contributed by atoms with van der Waals surface area (Å²) in [5.74, 6) is 0.0692. The number of aliphatic hydroxyl groups excluding tert-OH is 2. The van der Waals surface area contributed by atoms with Gasteiger partial charge in [0.15, 0.2) is 12.1 Å². The summed E-state index contributed by atoms with van der Waals surface area (Å²) >= 11 is 0. The highest BCUT2D eigenvalue weighted by atomic mass is 16.8. The van der Waals surface area contributed by atoms with Crippen LogP contribution in [0.2, 0.25) is 0 Å². The molecule has 0 spiro atoms. The summed E-state index contributed by atoms with van der Waals surface area (Å²) in [4.78, 5) is 0. The van der Waals surface area contributed by atoms with E-state index in [9.17, 15) is 10.2 Å². The van der Waals surface area contributed by atoms with Crippen LogP contribution in [0.1, 0.15) is 52.0 Å². The van der Waals surface area contributed by atoms with Gasteiger partial charge >= 0.3 is 0 Å². The summed E-state index contributed by atoms with van der Waals surface area (Å²) in [5.41, 5.74) is 0.974. The van der Waals surface area contributed by atoms with Gasteiger partial charge < -0.3 is 33.9 Å². The molecule has 164 valence electrons. The van der Waals surface area contributed by atoms with Crippen LogP contribution in [0, 0.1) is 0 Å². The van der Waals surface area contributed by atoms with E-state index in [0.717, 1.165) is 24.3 Å². The van der Waals surface area contributed by atoms with Crippen molar-refractivity contribution in [1.82, 2.24) is 0 Å². The van der Waals surface area contributed by atoms with Gasteiger partial charge in [-0.3, -0.25) is 0 Å². The van der Waals surface area contributed by atoms with E-state index in [-0.39, 0.29) is 0 Å². The molecule has 1 aromatic rings. The van der Waals surface area contributed by atoms with Crippen molar-refractivity contribution >= 4 is 0 Å². The van der Waals surface area contributed by atoms with Crippen molar-refractivity contribution in [3.05, 3.63) is 29.8 Å². The Morgan fingerprint density at radius 2 is 1.86 bits per heavy atom. The first kappa shape index (κ1) is 22.5. The van der Waals surface area contributed by atoms with Gasteiger partial charge in [-0.25, -0.2) is 0 Å². The van der Waals surface area contributed by atoms with Crippen molar-refractivity contribution in [2.75, 3.05) is 13.2 Å². The van der Waals surface area contributed by atoms with E-state index in [1.54, 1.807) is 0 Å². The van der Waals surface area contributed by atoms with E-state index in [0.29, 0.717) is 6.61 Å². The Morgan fingerprint density at radius 1 is 1.10 bits per heavy atom. The van der Waals surface area contributed by atoms with Crippen molar-refractivity contribution in [1.29, 1.82) is 0 Å². The molecule has 0 saturated carbocycles. The number of benzene rings is 1. The molecule has 2 fully saturated rings. The molecule has 5 atom stereocenters. The highest BCUT2D eigenvalue weighted by Gasteiger charge is 2.56. The van der Waals surface area contributed by atoms with Crippen molar-refractivity contribution < 1.29 is 33.9 Å². The number of aliphatic hydroxyl groups is 2. The Hall–Kier alpha value is -1.22. The number of hydrogen-bond acceptors (Lipinski definition) is 7. The zero-order valence-corrected chi connectivity index (χ0v) is 17.6. The van der Waals surface area contributed by atoms with Crippen LogP contribution in [0.25, 0.3) is 0 Å². The largest absolute Gasteiger partial charge is 0.494 e. The third-order valence-electron chi connectivity index (χ3n) is 5.23. The van der Waals surface area contributed by atoms with Crippen molar-refractivity contribution in [2.24, 2.45) is 0 Å². The molecule has 0 amide bonds. The van der Waals surface area contributed by atoms with Crippen molar-refractivity contribution in [2.45, 2.75) is 89.6 Å². The fourth-order valence-electron chi connectivity index (χ4n) is 3.70. The second-order valence-electron chi connectivity index (χ2n) is 8.15. The quantitative estimate of drug-likeness (QED) is 0.543. The molecule has 0 radical (unpaired) electrons. The van der Waals surface area contributed by atoms with Gasteiger partial charge in [0, 0.05) is 0 Å². The van der Waals surface area contributed by atoms with Gasteiger partial charge in [0.05, 0.1) is 19.8 Å². The first-order chi connectivity index (χ1) is 13.9. The predicted molar refractivity (Wildman–Crippen MR) is 106 cm³/mol. The Kier molecular flexibility index (Phi) is 7.90. The van der Waals surface area contributed by atoms with Gasteiger partial charge in [-0.2, -0.15) is 0 Å². The van der Waals surface area contributed by atoms with Gasteiger partial charge in [0.2, 0.25) is 0 Å². The monoisotopic (exact) mass is 410 g/mol. The predicted octanol–water partition coefficient (Wildman–Crippen LogP) is 2.76. The van der Waals surface area contributed by atoms with Crippen LogP contribution >= 0.6 is 0 Å². The molecule has 29 heavy (non-hydrogen) atoms. The lowest BCUT2D eigenvalue weighted by Gasteiger charge is -2.28. The van der Waals surface area contributed by atoms with E-state index in [1.165, 1.54) is 19.3 Å². The van der Waals surface area contributed by atoms with E-state index in [2.05, 4.69) is 6.92 Å². The molecule has 2 heterocycles. The van der Waals surface area contributed by atoms with E-state index >= 15 is 0 Å².